The Morgan fingerprint density at radius 3 is 2.35 bits per heavy atom. The van der Waals surface area contributed by atoms with Gasteiger partial charge in [-0.25, -0.2) is 0 Å². The monoisotopic (exact) mass is 551 g/mol. The number of amides is 2. The second kappa shape index (κ2) is 13.5. The molecule has 3 N–H and O–H groups in total. The molecule has 0 aromatic heterocycles. The lowest BCUT2D eigenvalue weighted by molar-refractivity contribution is -0.122. The normalized spacial score (nSPS) is 16.6. The number of benzene rings is 1. The fourth-order valence-corrected chi connectivity index (χ4v) is 5.87. The van der Waals surface area contributed by atoms with Gasteiger partial charge in [0.05, 0.1) is 33.1 Å². The number of methoxy groups -OCH3 is 3. The summed E-state index contributed by atoms with van der Waals surface area (Å²) in [6.07, 6.45) is 7.96. The van der Waals surface area contributed by atoms with Crippen LogP contribution in [0.1, 0.15) is 75.5 Å². The van der Waals surface area contributed by atoms with Crippen molar-refractivity contribution in [2.45, 2.75) is 76.8 Å². The number of rotatable bonds is 10. The lowest BCUT2D eigenvalue weighted by Gasteiger charge is -2.22. The van der Waals surface area contributed by atoms with Gasteiger partial charge >= 0.3 is 0 Å². The topological polar surface area (TPSA) is 115 Å². The molecule has 2 aliphatic rings. The van der Waals surface area contributed by atoms with Crippen molar-refractivity contribution in [1.29, 1.82) is 0 Å². The number of ether oxygens (including phenoxy) is 3. The van der Waals surface area contributed by atoms with Gasteiger partial charge in [0, 0.05) is 31.5 Å². The molecule has 2 aromatic carbocycles. The molecule has 1 fully saturated rings. The first-order valence-corrected chi connectivity index (χ1v) is 14.2. The van der Waals surface area contributed by atoms with Crippen molar-refractivity contribution in [1.82, 2.24) is 10.6 Å². The maximum absolute atomic E-state index is 13.4. The Kier molecular flexibility index (Phi) is 9.90. The first-order chi connectivity index (χ1) is 19.4. The summed E-state index contributed by atoms with van der Waals surface area (Å²) in [4.78, 5) is 37.9. The molecule has 0 saturated heterocycles. The van der Waals surface area contributed by atoms with Gasteiger partial charge in [-0.15, -0.1) is 0 Å². The number of aryl methyl sites for hydroxylation is 1. The minimum absolute atomic E-state index is 0.0626. The van der Waals surface area contributed by atoms with E-state index in [2.05, 4.69) is 16.0 Å². The van der Waals surface area contributed by atoms with Crippen molar-refractivity contribution in [3.8, 4) is 28.4 Å². The zero-order valence-electron chi connectivity index (χ0n) is 24.0. The molecule has 2 aromatic rings. The van der Waals surface area contributed by atoms with Gasteiger partial charge < -0.3 is 30.2 Å². The number of nitrogens with one attached hydrogen (secondary N) is 3. The van der Waals surface area contributed by atoms with Crippen molar-refractivity contribution in [3.63, 3.8) is 0 Å². The molecule has 1 atom stereocenters. The standard InChI is InChI=1S/C31H41N3O6/c1-19(35)33-24-14-12-20-17-27(38-2)30(39-3)31(40-4)29(20)22-13-15-25(26(36)18-23(22)24)32-16-8-11-28(37)34-21-9-6-5-7-10-21/h13,15,17-18,21,24H,5-12,14,16H2,1-4H3,(H,32,36)(H,33,35)(H,34,37)/t24-/m0/s1. The molecule has 9 nitrogen and oxygen atoms in total. The van der Waals surface area contributed by atoms with Gasteiger partial charge in [0.15, 0.2) is 11.5 Å². The van der Waals surface area contributed by atoms with E-state index in [0.29, 0.717) is 66.8 Å². The second-order valence-electron chi connectivity index (χ2n) is 10.5. The first-order valence-electron chi connectivity index (χ1n) is 14.2. The molecule has 0 bridgehead atoms. The van der Waals surface area contributed by atoms with Crippen LogP contribution in [0.15, 0.2) is 29.1 Å². The zero-order chi connectivity index (χ0) is 28.6. The second-order valence-corrected chi connectivity index (χ2v) is 10.5. The highest BCUT2D eigenvalue weighted by molar-refractivity contribution is 5.83. The van der Waals surface area contributed by atoms with Crippen LogP contribution in [-0.2, 0) is 16.0 Å². The van der Waals surface area contributed by atoms with Gasteiger partial charge in [0.2, 0.25) is 23.0 Å². The Hall–Kier alpha value is -3.75. The number of hydrogen-bond donors (Lipinski definition) is 3. The molecule has 2 aliphatic carbocycles. The lowest BCUT2D eigenvalue weighted by Crippen LogP contribution is -2.36. The predicted octanol–water partition coefficient (Wildman–Crippen LogP) is 4.50. The third kappa shape index (κ3) is 6.69. The summed E-state index contributed by atoms with van der Waals surface area (Å²) in [5.41, 5.74) is 3.52. The highest BCUT2D eigenvalue weighted by Crippen LogP contribution is 2.50. The Bertz CT molecular complexity index is 1290. The van der Waals surface area contributed by atoms with Crippen LogP contribution in [-0.4, -0.2) is 45.7 Å². The Labute approximate surface area is 236 Å². The highest BCUT2D eigenvalue weighted by Gasteiger charge is 2.29. The van der Waals surface area contributed by atoms with Crippen LogP contribution in [0.3, 0.4) is 0 Å². The van der Waals surface area contributed by atoms with Gasteiger partial charge in [-0.05, 0) is 67.0 Å². The third-order valence-corrected chi connectivity index (χ3v) is 7.78. The van der Waals surface area contributed by atoms with E-state index in [1.54, 1.807) is 33.5 Å². The maximum Gasteiger partial charge on any atom is 0.220 e. The van der Waals surface area contributed by atoms with Crippen molar-refractivity contribution in [2.24, 2.45) is 0 Å². The average molecular weight is 552 g/mol. The van der Waals surface area contributed by atoms with E-state index in [9.17, 15) is 14.4 Å². The van der Waals surface area contributed by atoms with E-state index < -0.39 is 0 Å². The molecular weight excluding hydrogens is 510 g/mol. The van der Waals surface area contributed by atoms with Crippen LogP contribution < -0.4 is 35.6 Å². The van der Waals surface area contributed by atoms with Gasteiger partial charge in [-0.1, -0.05) is 25.3 Å². The molecular formula is C31H41N3O6. The summed E-state index contributed by atoms with van der Waals surface area (Å²) < 4.78 is 17.1. The summed E-state index contributed by atoms with van der Waals surface area (Å²) in [6, 6.07) is 7.11. The maximum atomic E-state index is 13.4. The molecule has 1 saturated carbocycles. The molecule has 4 rings (SSSR count). The lowest BCUT2D eigenvalue weighted by atomic mass is 9.95. The molecule has 0 unspecified atom stereocenters. The predicted molar refractivity (Wildman–Crippen MR) is 155 cm³/mol. The van der Waals surface area contributed by atoms with Gasteiger partial charge in [-0.2, -0.15) is 0 Å². The molecule has 0 heterocycles. The number of hydrogen-bond acceptors (Lipinski definition) is 7. The van der Waals surface area contributed by atoms with Crippen molar-refractivity contribution in [3.05, 3.63) is 45.6 Å². The van der Waals surface area contributed by atoms with Gasteiger partial charge in [0.25, 0.3) is 0 Å². The van der Waals surface area contributed by atoms with E-state index in [4.69, 9.17) is 14.2 Å². The SMILES string of the molecule is COc1cc2c(c(OC)c1OC)-c1ccc(NCCCC(=O)NC3CCCCC3)c(=O)cc1[C@@H](NC(C)=O)CC2. The van der Waals surface area contributed by atoms with Crippen molar-refractivity contribution >= 4 is 17.5 Å². The largest absolute Gasteiger partial charge is 0.493 e. The first kappa shape index (κ1) is 29.2. The Morgan fingerprint density at radius 2 is 1.68 bits per heavy atom. The number of carbonyl (C=O) groups excluding carboxylic acids is 2. The smallest absolute Gasteiger partial charge is 0.220 e. The molecule has 0 aliphatic heterocycles. The van der Waals surface area contributed by atoms with Crippen LogP contribution >= 0.6 is 0 Å². The molecule has 0 spiro atoms. The summed E-state index contributed by atoms with van der Waals surface area (Å²) in [6.45, 7) is 1.96. The van der Waals surface area contributed by atoms with E-state index in [0.717, 1.165) is 29.5 Å². The molecule has 216 valence electrons. The summed E-state index contributed by atoms with van der Waals surface area (Å²) >= 11 is 0. The number of fused-ring (bicyclic) bond motifs is 3. The molecule has 0 radical (unpaired) electrons. The van der Waals surface area contributed by atoms with E-state index in [1.807, 2.05) is 12.1 Å². The zero-order valence-corrected chi connectivity index (χ0v) is 24.0. The fourth-order valence-electron chi connectivity index (χ4n) is 5.87. The van der Waals surface area contributed by atoms with E-state index in [-0.39, 0.29) is 23.3 Å². The van der Waals surface area contributed by atoms with Crippen LogP contribution in [0.5, 0.6) is 17.2 Å². The minimum atomic E-state index is -0.363. The molecule has 40 heavy (non-hydrogen) atoms. The van der Waals surface area contributed by atoms with Crippen LogP contribution in [0.2, 0.25) is 0 Å². The van der Waals surface area contributed by atoms with Crippen molar-refractivity contribution in [2.75, 3.05) is 33.2 Å². The highest BCUT2D eigenvalue weighted by atomic mass is 16.5. The van der Waals surface area contributed by atoms with Crippen molar-refractivity contribution < 1.29 is 23.8 Å². The summed E-state index contributed by atoms with van der Waals surface area (Å²) in [7, 11) is 4.71. The van der Waals surface area contributed by atoms with Gasteiger partial charge in [0.1, 0.15) is 0 Å². The average Bonchev–Trinajstić information content (AvgIpc) is 3.19. The molecule has 2 amide bonds. The number of anilines is 1. The Balaban J connectivity index is 1.62. The number of carbonyl (C=O) groups is 2. The fraction of sp³-hybridized carbons (Fsp3) is 0.516. The van der Waals surface area contributed by atoms with Gasteiger partial charge in [-0.3, -0.25) is 14.4 Å². The van der Waals surface area contributed by atoms with Crippen LogP contribution in [0, 0.1) is 0 Å². The quantitative estimate of drug-likeness (QED) is 0.373. The minimum Gasteiger partial charge on any atom is -0.493 e. The Morgan fingerprint density at radius 1 is 0.925 bits per heavy atom. The van der Waals surface area contributed by atoms with E-state index >= 15 is 0 Å². The summed E-state index contributed by atoms with van der Waals surface area (Å²) in [5, 5.41) is 9.39. The molecule has 9 heteroatoms. The van der Waals surface area contributed by atoms with Crippen LogP contribution in [0.4, 0.5) is 5.69 Å². The third-order valence-electron chi connectivity index (χ3n) is 7.78. The van der Waals surface area contributed by atoms with Crippen LogP contribution in [0.25, 0.3) is 11.1 Å². The van der Waals surface area contributed by atoms with E-state index in [1.165, 1.54) is 26.2 Å². The summed E-state index contributed by atoms with van der Waals surface area (Å²) in [5.74, 6) is 1.42.